The largest absolute Gasteiger partial charge is 0.459 e. The average Bonchev–Trinajstić information content (AvgIpc) is 3.15. The molecule has 6 fully saturated rings. The summed E-state index contributed by atoms with van der Waals surface area (Å²) in [5.74, 6) is 4.03. The normalized spacial score (nSPS) is 43.9. The van der Waals surface area contributed by atoms with Crippen molar-refractivity contribution < 1.29 is 17.9 Å². The lowest BCUT2D eigenvalue weighted by molar-refractivity contribution is -0.146. The van der Waals surface area contributed by atoms with E-state index in [9.17, 15) is 13.2 Å². The molecule has 0 saturated heterocycles. The minimum absolute atomic E-state index is 0.0234. The number of carbonyl (C=O) groups is 1. The molecule has 6 rings (SSSR count). The number of rotatable bonds is 3. The summed E-state index contributed by atoms with van der Waals surface area (Å²) >= 11 is 0. The predicted octanol–water partition coefficient (Wildman–Crippen LogP) is 4.15. The molecule has 0 aliphatic heterocycles. The Bertz CT molecular complexity index is 682. The van der Waals surface area contributed by atoms with Crippen LogP contribution in [-0.4, -0.2) is 32.0 Å². The van der Waals surface area contributed by atoms with Crippen LogP contribution in [-0.2, 0) is 19.4 Å². The van der Waals surface area contributed by atoms with E-state index in [2.05, 4.69) is 6.58 Å². The highest BCUT2D eigenvalue weighted by Crippen LogP contribution is 2.55. The number of fused-ring (bicyclic) bond motifs is 2. The maximum atomic E-state index is 11.7. The van der Waals surface area contributed by atoms with Crippen LogP contribution in [0.1, 0.15) is 64.7 Å². The van der Waals surface area contributed by atoms with E-state index < -0.39 is 9.84 Å². The number of hydrogen-bond acceptors (Lipinski definition) is 4. The molecule has 4 nitrogen and oxygen atoms in total. The van der Waals surface area contributed by atoms with Crippen molar-refractivity contribution in [1.29, 1.82) is 0 Å². The Labute approximate surface area is 164 Å². The minimum atomic E-state index is -2.79. The second-order valence-electron chi connectivity index (χ2n) is 10.1. The lowest BCUT2D eigenvalue weighted by atomic mass is 9.56. The first-order chi connectivity index (χ1) is 12.7. The second kappa shape index (κ2) is 7.20. The van der Waals surface area contributed by atoms with Gasteiger partial charge in [0.05, 0.1) is 5.25 Å². The van der Waals surface area contributed by atoms with Gasteiger partial charge in [-0.1, -0.05) is 6.58 Å². The van der Waals surface area contributed by atoms with Gasteiger partial charge >= 0.3 is 5.97 Å². The van der Waals surface area contributed by atoms with Crippen molar-refractivity contribution in [2.45, 2.75) is 76.1 Å². The zero-order valence-electron chi connectivity index (χ0n) is 16.7. The monoisotopic (exact) mass is 394 g/mol. The van der Waals surface area contributed by atoms with E-state index in [1.807, 2.05) is 0 Å². The molecule has 5 heteroatoms. The Kier molecular flexibility index (Phi) is 5.19. The van der Waals surface area contributed by atoms with Gasteiger partial charge in [0.1, 0.15) is 6.10 Å². The molecule has 6 aliphatic rings. The third-order valence-corrected chi connectivity index (χ3v) is 9.67. The molecular weight excluding hydrogens is 360 g/mol. The van der Waals surface area contributed by atoms with Crippen LogP contribution in [0.3, 0.4) is 0 Å². The van der Waals surface area contributed by atoms with E-state index in [1.54, 1.807) is 6.92 Å². The van der Waals surface area contributed by atoms with Crippen LogP contribution in [0.4, 0.5) is 0 Å². The van der Waals surface area contributed by atoms with Crippen LogP contribution in [0.2, 0.25) is 0 Å². The quantitative estimate of drug-likeness (QED) is 0.533. The number of carbonyl (C=O) groups excluding carboxylic acids is 1. The molecule has 0 amide bonds. The molecule has 0 aromatic rings. The molecule has 3 unspecified atom stereocenters. The van der Waals surface area contributed by atoms with Gasteiger partial charge in [-0.3, -0.25) is 0 Å². The maximum Gasteiger partial charge on any atom is 0.333 e. The Morgan fingerprint density at radius 3 is 1.81 bits per heavy atom. The number of sulfone groups is 1. The number of esters is 1. The highest BCUT2D eigenvalue weighted by Gasteiger charge is 2.51. The standard InChI is InChI=1S/C11H18O2S.C11H16O2/c1-14(12,13)11-9-3-7-2-8(5-9)6-10(11)4-7;1-7(2)11(12)13-10-6-8-3-4-9(10)5-8/h7-11H,2-6H2,1H3;8-10H,1,3-6H2,2H3. The minimum Gasteiger partial charge on any atom is -0.459 e. The summed E-state index contributed by atoms with van der Waals surface area (Å²) in [6.45, 7) is 5.29. The first-order valence-corrected chi connectivity index (χ1v) is 12.7. The van der Waals surface area contributed by atoms with Crippen molar-refractivity contribution in [2.24, 2.45) is 35.5 Å². The zero-order valence-corrected chi connectivity index (χ0v) is 17.5. The van der Waals surface area contributed by atoms with Crippen LogP contribution in [0, 0.1) is 35.5 Å². The van der Waals surface area contributed by atoms with Crippen LogP contribution in [0.15, 0.2) is 12.2 Å². The lowest BCUT2D eigenvalue weighted by Gasteiger charge is -2.53. The Hall–Kier alpha value is -0.840. The zero-order chi connectivity index (χ0) is 19.3. The third-order valence-electron chi connectivity index (χ3n) is 7.91. The van der Waals surface area contributed by atoms with Crippen molar-refractivity contribution in [3.05, 3.63) is 12.2 Å². The van der Waals surface area contributed by atoms with E-state index in [0.29, 0.717) is 23.3 Å². The third kappa shape index (κ3) is 3.99. The summed E-state index contributed by atoms with van der Waals surface area (Å²) in [4.78, 5) is 11.3. The van der Waals surface area contributed by atoms with Crippen molar-refractivity contribution >= 4 is 15.8 Å². The van der Waals surface area contributed by atoms with Crippen molar-refractivity contribution in [2.75, 3.05) is 6.26 Å². The Morgan fingerprint density at radius 2 is 1.41 bits per heavy atom. The summed E-state index contributed by atoms with van der Waals surface area (Å²) in [6, 6.07) is 0. The van der Waals surface area contributed by atoms with Crippen LogP contribution >= 0.6 is 0 Å². The Balaban J connectivity index is 0.000000134. The van der Waals surface area contributed by atoms with Gasteiger partial charge in [-0.2, -0.15) is 0 Å². The van der Waals surface area contributed by atoms with Crippen molar-refractivity contribution in [1.82, 2.24) is 0 Å². The molecular formula is C22H34O4S. The van der Waals surface area contributed by atoms with Gasteiger partial charge in [-0.05, 0) is 100 Å². The fourth-order valence-electron chi connectivity index (χ4n) is 7.14. The maximum absolute atomic E-state index is 11.7. The molecule has 3 atom stereocenters. The smallest absolute Gasteiger partial charge is 0.333 e. The van der Waals surface area contributed by atoms with Crippen molar-refractivity contribution in [3.8, 4) is 0 Å². The first-order valence-electron chi connectivity index (χ1n) is 10.8. The molecule has 0 aromatic heterocycles. The second-order valence-corrected chi connectivity index (χ2v) is 12.3. The molecule has 0 N–H and O–H groups in total. The molecule has 27 heavy (non-hydrogen) atoms. The molecule has 6 bridgehead atoms. The highest BCUT2D eigenvalue weighted by atomic mass is 32.2. The molecule has 0 heterocycles. The topological polar surface area (TPSA) is 60.4 Å². The van der Waals surface area contributed by atoms with Gasteiger partial charge in [-0.15, -0.1) is 0 Å². The number of ether oxygens (including phenoxy) is 1. The molecule has 152 valence electrons. The molecule has 0 aromatic carbocycles. The molecule has 6 saturated carbocycles. The van der Waals surface area contributed by atoms with E-state index in [0.717, 1.165) is 24.2 Å². The SMILES string of the molecule is C=C(C)C(=O)OC1CC2CCC1C2.CS(=O)(=O)C1C2CC3CC(C2)CC1C3. The average molecular weight is 395 g/mol. The van der Waals surface area contributed by atoms with E-state index in [4.69, 9.17) is 4.74 Å². The summed E-state index contributed by atoms with van der Waals surface area (Å²) < 4.78 is 28.8. The van der Waals surface area contributed by atoms with E-state index >= 15 is 0 Å². The summed E-state index contributed by atoms with van der Waals surface area (Å²) in [6.07, 6.45) is 12.8. The fourth-order valence-corrected chi connectivity index (χ4v) is 8.99. The lowest BCUT2D eigenvalue weighted by Crippen LogP contribution is -2.51. The fraction of sp³-hybridized carbons (Fsp3) is 0.864. The molecule has 0 spiro atoms. The molecule has 6 aliphatic carbocycles. The van der Waals surface area contributed by atoms with Gasteiger partial charge in [0.2, 0.25) is 0 Å². The first kappa shape index (κ1) is 19.5. The summed E-state index contributed by atoms with van der Waals surface area (Å²) in [5, 5.41) is 0.0234. The van der Waals surface area contributed by atoms with Gasteiger partial charge in [0.25, 0.3) is 0 Å². The highest BCUT2D eigenvalue weighted by molar-refractivity contribution is 7.91. The predicted molar refractivity (Wildman–Crippen MR) is 106 cm³/mol. The van der Waals surface area contributed by atoms with E-state index in [-0.39, 0.29) is 17.3 Å². The number of hydrogen-bond donors (Lipinski definition) is 0. The Morgan fingerprint density at radius 1 is 0.852 bits per heavy atom. The van der Waals surface area contributed by atoms with Crippen LogP contribution < -0.4 is 0 Å². The van der Waals surface area contributed by atoms with Gasteiger partial charge in [0.15, 0.2) is 9.84 Å². The van der Waals surface area contributed by atoms with Crippen LogP contribution in [0.25, 0.3) is 0 Å². The van der Waals surface area contributed by atoms with Gasteiger partial charge < -0.3 is 4.74 Å². The summed E-state index contributed by atoms with van der Waals surface area (Å²) in [5.41, 5.74) is 0.516. The van der Waals surface area contributed by atoms with E-state index in [1.165, 1.54) is 57.6 Å². The van der Waals surface area contributed by atoms with Crippen LogP contribution in [0.5, 0.6) is 0 Å². The summed E-state index contributed by atoms with van der Waals surface area (Å²) in [7, 11) is -2.79. The van der Waals surface area contributed by atoms with Crippen molar-refractivity contribution in [3.63, 3.8) is 0 Å². The molecule has 0 radical (unpaired) electrons. The van der Waals surface area contributed by atoms with Gasteiger partial charge in [0, 0.05) is 11.8 Å². The van der Waals surface area contributed by atoms with Gasteiger partial charge in [-0.25, -0.2) is 13.2 Å².